The van der Waals surface area contributed by atoms with Crippen molar-refractivity contribution in [2.24, 2.45) is 0 Å². The highest BCUT2D eigenvalue weighted by atomic mass is 19.4. The third kappa shape index (κ3) is 11.1. The average Bonchev–Trinajstić information content (AvgIpc) is 2.98. The second-order valence-electron chi connectivity index (χ2n) is 9.00. The normalized spacial score (nSPS) is 12.5. The highest BCUT2D eigenvalue weighted by Gasteiger charge is 2.39. The minimum atomic E-state index is -5.08. The number of nitrogens with zero attached hydrogens (tertiary/aromatic N) is 2. The van der Waals surface area contributed by atoms with Gasteiger partial charge in [0.25, 0.3) is 5.91 Å². The monoisotopic (exact) mass is 703 g/mol. The molecule has 20 heteroatoms. The van der Waals surface area contributed by atoms with Crippen molar-refractivity contribution >= 4 is 28.7 Å². The molecule has 0 radical (unpaired) electrons. The van der Waals surface area contributed by atoms with Crippen LogP contribution in [0.2, 0.25) is 0 Å². The zero-order chi connectivity index (χ0) is 36.7. The molecule has 0 saturated carbocycles. The van der Waals surface area contributed by atoms with E-state index in [1.807, 2.05) is 0 Å². The summed E-state index contributed by atoms with van der Waals surface area (Å²) in [6.45, 7) is 0. The zero-order valence-electron chi connectivity index (χ0n) is 23.1. The summed E-state index contributed by atoms with van der Waals surface area (Å²) < 4.78 is 143. The van der Waals surface area contributed by atoms with Gasteiger partial charge in [0.15, 0.2) is 0 Å². The highest BCUT2D eigenvalue weighted by Crippen LogP contribution is 2.37. The summed E-state index contributed by atoms with van der Waals surface area (Å²) in [5.41, 5.74) is -1.63. The highest BCUT2D eigenvalue weighted by molar-refractivity contribution is 5.98. The van der Waals surface area contributed by atoms with Gasteiger partial charge in [0.1, 0.15) is 0 Å². The third-order valence-electron chi connectivity index (χ3n) is 5.67. The Labute approximate surface area is 259 Å². The fraction of sp³-hybridized carbons (Fsp3) is 0.179. The van der Waals surface area contributed by atoms with Crippen molar-refractivity contribution in [3.63, 3.8) is 0 Å². The molecule has 48 heavy (non-hydrogen) atoms. The Balaban J connectivity index is 0.000000479. The number of amides is 1. The van der Waals surface area contributed by atoms with E-state index < -0.39 is 65.3 Å². The summed E-state index contributed by atoms with van der Waals surface area (Å²) >= 11 is 0. The number of benzene rings is 2. The number of rotatable bonds is 4. The number of fused-ring (bicyclic) bond motifs is 1. The molecule has 0 unspecified atom stereocenters. The van der Waals surface area contributed by atoms with Crippen molar-refractivity contribution < 1.29 is 77.3 Å². The van der Waals surface area contributed by atoms with E-state index in [0.29, 0.717) is 10.9 Å². The fourth-order valence-corrected chi connectivity index (χ4v) is 3.53. The Morgan fingerprint density at radius 2 is 1.23 bits per heavy atom. The maximum atomic E-state index is 13.7. The first-order valence-electron chi connectivity index (χ1n) is 12.4. The average molecular weight is 703 g/mol. The van der Waals surface area contributed by atoms with Crippen LogP contribution in [0.5, 0.6) is 0 Å². The largest absolute Gasteiger partial charge is 0.490 e. The molecule has 0 aliphatic carbocycles. The number of alkyl halides is 12. The van der Waals surface area contributed by atoms with Crippen molar-refractivity contribution in [1.82, 2.24) is 15.3 Å². The molecule has 3 N–H and O–H groups in total. The van der Waals surface area contributed by atoms with E-state index in [0.717, 1.165) is 42.7 Å². The minimum absolute atomic E-state index is 0.0299. The maximum Gasteiger partial charge on any atom is 0.490 e. The van der Waals surface area contributed by atoms with Crippen molar-refractivity contribution in [3.05, 3.63) is 107 Å². The second kappa shape index (κ2) is 15.0. The summed E-state index contributed by atoms with van der Waals surface area (Å²) in [6, 6.07) is 10.9. The summed E-state index contributed by atoms with van der Waals surface area (Å²) in [5, 5.41) is 17.4. The first-order chi connectivity index (χ1) is 21.9. The third-order valence-corrected chi connectivity index (χ3v) is 5.67. The number of carboxylic acid groups (broad SMARTS) is 2. The van der Waals surface area contributed by atoms with Crippen molar-refractivity contribution in [2.45, 2.75) is 30.7 Å². The molecule has 0 aliphatic heterocycles. The SMILES string of the molecule is O=C(N[C@@H](c1ccc(C(F)(F)F)cc1)c1cnccc1C(F)(F)F)c1ccc2ncccc2c1.O=C(O)C(F)(F)F.O=C(O)C(F)(F)F. The number of carboxylic acids is 2. The number of halogens is 12. The molecule has 258 valence electrons. The number of aliphatic carboxylic acids is 2. The number of pyridine rings is 2. The molecule has 4 aromatic rings. The Morgan fingerprint density at radius 1 is 0.688 bits per heavy atom. The second-order valence-corrected chi connectivity index (χ2v) is 9.00. The Hall–Kier alpha value is -5.43. The van der Waals surface area contributed by atoms with Crippen LogP contribution in [-0.2, 0) is 21.9 Å². The van der Waals surface area contributed by atoms with E-state index in [1.165, 1.54) is 12.1 Å². The van der Waals surface area contributed by atoms with Crippen LogP contribution in [0.4, 0.5) is 52.7 Å². The van der Waals surface area contributed by atoms with Gasteiger partial charge in [0.05, 0.1) is 22.7 Å². The zero-order valence-corrected chi connectivity index (χ0v) is 23.1. The fourth-order valence-electron chi connectivity index (χ4n) is 3.53. The van der Waals surface area contributed by atoms with Gasteiger partial charge in [-0.2, -0.15) is 52.7 Å². The van der Waals surface area contributed by atoms with Gasteiger partial charge in [-0.1, -0.05) is 18.2 Å². The molecular formula is C28H17F12N3O5. The van der Waals surface area contributed by atoms with Gasteiger partial charge in [-0.15, -0.1) is 0 Å². The topological polar surface area (TPSA) is 129 Å². The molecule has 0 bridgehead atoms. The van der Waals surface area contributed by atoms with E-state index >= 15 is 0 Å². The first kappa shape index (κ1) is 38.8. The summed E-state index contributed by atoms with van der Waals surface area (Å²) in [4.78, 5) is 38.7. The van der Waals surface area contributed by atoms with Gasteiger partial charge in [0.2, 0.25) is 0 Å². The summed E-state index contributed by atoms with van der Waals surface area (Å²) in [5.74, 6) is -6.23. The molecule has 0 spiro atoms. The Kier molecular flexibility index (Phi) is 12.1. The predicted octanol–water partition coefficient (Wildman–Crippen LogP) is 7.45. The molecule has 2 heterocycles. The van der Waals surface area contributed by atoms with Crippen LogP contribution in [0.3, 0.4) is 0 Å². The lowest BCUT2D eigenvalue weighted by Gasteiger charge is -2.23. The summed E-state index contributed by atoms with van der Waals surface area (Å²) in [6.07, 6.45) is -16.1. The van der Waals surface area contributed by atoms with E-state index in [4.69, 9.17) is 19.8 Å². The minimum Gasteiger partial charge on any atom is -0.475 e. The van der Waals surface area contributed by atoms with Crippen LogP contribution >= 0.6 is 0 Å². The van der Waals surface area contributed by atoms with Gasteiger partial charge < -0.3 is 15.5 Å². The number of aromatic nitrogens is 2. The molecule has 1 atom stereocenters. The van der Waals surface area contributed by atoms with Crippen LogP contribution in [0, 0.1) is 0 Å². The van der Waals surface area contributed by atoms with E-state index in [-0.39, 0.29) is 11.1 Å². The lowest BCUT2D eigenvalue weighted by molar-refractivity contribution is -0.193. The Bertz CT molecular complexity index is 1710. The van der Waals surface area contributed by atoms with Crippen molar-refractivity contribution in [3.8, 4) is 0 Å². The smallest absolute Gasteiger partial charge is 0.475 e. The van der Waals surface area contributed by atoms with Crippen LogP contribution in [-0.4, -0.2) is 50.4 Å². The van der Waals surface area contributed by atoms with Gasteiger partial charge in [-0.05, 0) is 48.0 Å². The molecule has 0 fully saturated rings. The number of hydrogen-bond acceptors (Lipinski definition) is 5. The molecule has 0 saturated heterocycles. The molecular weight excluding hydrogens is 686 g/mol. The van der Waals surface area contributed by atoms with Crippen LogP contribution in [0.15, 0.2) is 79.3 Å². The van der Waals surface area contributed by atoms with Crippen LogP contribution < -0.4 is 5.32 Å². The summed E-state index contributed by atoms with van der Waals surface area (Å²) in [7, 11) is 0. The molecule has 4 rings (SSSR count). The van der Waals surface area contributed by atoms with Crippen molar-refractivity contribution in [1.29, 1.82) is 0 Å². The van der Waals surface area contributed by atoms with Gasteiger partial charge in [-0.25, -0.2) is 9.59 Å². The molecule has 8 nitrogen and oxygen atoms in total. The molecule has 1 amide bonds. The number of hydrogen-bond donors (Lipinski definition) is 3. The van der Waals surface area contributed by atoms with Gasteiger partial charge in [-0.3, -0.25) is 14.8 Å². The van der Waals surface area contributed by atoms with E-state index in [9.17, 15) is 57.5 Å². The van der Waals surface area contributed by atoms with Gasteiger partial charge in [0, 0.05) is 35.1 Å². The van der Waals surface area contributed by atoms with Crippen LogP contribution in [0.25, 0.3) is 10.9 Å². The standard InChI is InChI=1S/C24H15F6N3O.2C2HF3O2/c25-23(26,27)17-6-3-14(4-7-17)21(18-13-31-11-9-19(18)24(28,29)30)33-22(34)16-5-8-20-15(12-16)2-1-10-32-20;2*3-2(4,5)1(6)7/h1-13,21H,(H,33,34);2*(H,6,7)/t21-;;/m0../s1. The van der Waals surface area contributed by atoms with Crippen LogP contribution in [0.1, 0.15) is 38.7 Å². The first-order valence-corrected chi connectivity index (χ1v) is 12.4. The quantitative estimate of drug-likeness (QED) is 0.188. The molecule has 2 aromatic heterocycles. The number of carbonyl (C=O) groups excluding carboxylic acids is 1. The van der Waals surface area contributed by atoms with Crippen molar-refractivity contribution in [2.75, 3.05) is 0 Å². The number of carbonyl (C=O) groups is 3. The van der Waals surface area contributed by atoms with E-state index in [2.05, 4.69) is 15.3 Å². The molecule has 2 aromatic carbocycles. The van der Waals surface area contributed by atoms with E-state index in [1.54, 1.807) is 24.4 Å². The lowest BCUT2D eigenvalue weighted by Crippen LogP contribution is -2.31. The maximum absolute atomic E-state index is 13.7. The predicted molar refractivity (Wildman–Crippen MR) is 139 cm³/mol. The molecule has 0 aliphatic rings. The Morgan fingerprint density at radius 3 is 1.71 bits per heavy atom. The number of nitrogens with one attached hydrogen (secondary N) is 1. The van der Waals surface area contributed by atoms with Gasteiger partial charge >= 0.3 is 36.6 Å². The lowest BCUT2D eigenvalue weighted by atomic mass is 9.94.